The molecule has 0 spiro atoms. The van der Waals surface area contributed by atoms with E-state index in [0.29, 0.717) is 29.1 Å². The number of nitrogens with zero attached hydrogens (tertiary/aromatic N) is 5. The van der Waals surface area contributed by atoms with Crippen molar-refractivity contribution in [2.24, 2.45) is 9.98 Å². The highest BCUT2D eigenvalue weighted by Gasteiger charge is 2.36. The zero-order valence-electron chi connectivity index (χ0n) is 18.3. The van der Waals surface area contributed by atoms with Crippen LogP contribution in [-0.2, 0) is 4.79 Å². The summed E-state index contributed by atoms with van der Waals surface area (Å²) in [5.74, 6) is 0.538. The maximum Gasteiger partial charge on any atom is 0.284 e. The van der Waals surface area contributed by atoms with Gasteiger partial charge in [0.1, 0.15) is 11.5 Å². The highest BCUT2D eigenvalue weighted by molar-refractivity contribution is 6.34. The average Bonchev–Trinajstić information content (AvgIpc) is 3.00. The van der Waals surface area contributed by atoms with E-state index in [1.165, 1.54) is 0 Å². The van der Waals surface area contributed by atoms with Gasteiger partial charge in [-0.05, 0) is 32.0 Å². The summed E-state index contributed by atoms with van der Waals surface area (Å²) in [6.45, 7) is 8.53. The Morgan fingerprint density at radius 1 is 1.03 bits per heavy atom. The van der Waals surface area contributed by atoms with Crippen molar-refractivity contribution in [1.29, 1.82) is 0 Å². The Bertz CT molecular complexity index is 1130. The van der Waals surface area contributed by atoms with Crippen LogP contribution in [0, 0.1) is 0 Å². The molecular weight excluding hydrogens is 422 g/mol. The van der Waals surface area contributed by atoms with E-state index in [-0.39, 0.29) is 5.91 Å². The molecule has 0 unspecified atom stereocenters. The normalized spacial score (nSPS) is 20.2. The van der Waals surface area contributed by atoms with Crippen LogP contribution >= 0.6 is 11.6 Å². The molecule has 3 aliphatic rings. The Morgan fingerprint density at radius 2 is 1.78 bits per heavy atom. The number of benzene rings is 2. The first-order chi connectivity index (χ1) is 15.5. The van der Waals surface area contributed by atoms with Gasteiger partial charge in [0.05, 0.1) is 17.9 Å². The third-order valence-corrected chi connectivity index (χ3v) is 6.43. The van der Waals surface area contributed by atoms with Gasteiger partial charge in [0, 0.05) is 54.6 Å². The van der Waals surface area contributed by atoms with Crippen LogP contribution in [0.5, 0.6) is 0 Å². The maximum absolute atomic E-state index is 13.5. The molecule has 0 aliphatic carbocycles. The highest BCUT2D eigenvalue weighted by Crippen LogP contribution is 2.33. The lowest BCUT2D eigenvalue weighted by atomic mass is 10.00. The summed E-state index contributed by atoms with van der Waals surface area (Å²) in [5, 5.41) is 0.609. The lowest BCUT2D eigenvalue weighted by molar-refractivity contribution is -0.114. The van der Waals surface area contributed by atoms with Gasteiger partial charge in [-0.2, -0.15) is 0 Å². The van der Waals surface area contributed by atoms with Crippen molar-refractivity contribution in [3.05, 3.63) is 76.6 Å². The molecule has 0 bridgehead atoms. The predicted molar refractivity (Wildman–Crippen MR) is 130 cm³/mol. The molecule has 2 aromatic rings. The third kappa shape index (κ3) is 3.85. The predicted octanol–water partition coefficient (Wildman–Crippen LogP) is 3.80. The van der Waals surface area contributed by atoms with Crippen LogP contribution in [0.1, 0.15) is 25.0 Å². The van der Waals surface area contributed by atoms with Crippen molar-refractivity contribution in [1.82, 2.24) is 9.80 Å². The Hall–Kier alpha value is -2.96. The Morgan fingerprint density at radius 3 is 2.50 bits per heavy atom. The molecule has 7 heteroatoms. The molecule has 1 saturated heterocycles. The van der Waals surface area contributed by atoms with Crippen LogP contribution in [-0.4, -0.2) is 66.0 Å². The quantitative estimate of drug-likeness (QED) is 0.672. The van der Waals surface area contributed by atoms with Crippen molar-refractivity contribution in [3.63, 3.8) is 0 Å². The number of piperazine rings is 1. The van der Waals surface area contributed by atoms with Gasteiger partial charge in [-0.3, -0.25) is 19.6 Å². The summed E-state index contributed by atoms with van der Waals surface area (Å²) < 4.78 is 0. The van der Waals surface area contributed by atoms with Crippen molar-refractivity contribution in [3.8, 4) is 0 Å². The number of hydrogen-bond acceptors (Lipinski definition) is 5. The van der Waals surface area contributed by atoms with Crippen LogP contribution < -0.4 is 4.90 Å². The summed E-state index contributed by atoms with van der Waals surface area (Å²) in [6.07, 6.45) is 1.92. The van der Waals surface area contributed by atoms with Crippen molar-refractivity contribution in [2.45, 2.75) is 19.9 Å². The molecule has 0 aromatic heterocycles. The topological polar surface area (TPSA) is 51.5 Å². The fourth-order valence-corrected chi connectivity index (χ4v) is 4.61. The van der Waals surface area contributed by atoms with Gasteiger partial charge in [-0.1, -0.05) is 41.9 Å². The maximum atomic E-state index is 13.5. The van der Waals surface area contributed by atoms with Crippen LogP contribution in [0.15, 0.2) is 70.4 Å². The summed E-state index contributed by atoms with van der Waals surface area (Å²) in [4.78, 5) is 29.4. The van der Waals surface area contributed by atoms with E-state index in [0.717, 1.165) is 48.7 Å². The second-order valence-electron chi connectivity index (χ2n) is 8.54. The molecule has 32 heavy (non-hydrogen) atoms. The number of amidine groups is 1. The summed E-state index contributed by atoms with van der Waals surface area (Å²) >= 11 is 6.34. The number of halogens is 1. The zero-order valence-corrected chi connectivity index (χ0v) is 19.1. The monoisotopic (exact) mass is 447 g/mol. The van der Waals surface area contributed by atoms with E-state index in [9.17, 15) is 4.79 Å². The number of aliphatic imine (C=N–C) groups is 2. The number of anilines is 1. The molecule has 0 atom stereocenters. The fraction of sp³-hybridized carbons (Fsp3) is 0.320. The summed E-state index contributed by atoms with van der Waals surface area (Å²) in [7, 11) is 0. The van der Waals surface area contributed by atoms with E-state index in [1.54, 1.807) is 4.90 Å². The number of fused-ring (bicyclic) bond motifs is 3. The molecule has 3 heterocycles. The number of carbonyl (C=O) groups is 1. The van der Waals surface area contributed by atoms with Gasteiger partial charge in [-0.15, -0.1) is 0 Å². The number of hydrogen-bond donors (Lipinski definition) is 0. The Kier molecular flexibility index (Phi) is 5.57. The molecule has 0 saturated carbocycles. The molecule has 2 aromatic carbocycles. The summed E-state index contributed by atoms with van der Waals surface area (Å²) in [6, 6.07) is 16.1. The standard InChI is InChI=1S/C25H26ClN5O/c1-17(2)30-12-10-29(11-13-30)16-21-25(32)31-22-9-8-19(26)14-20(22)24(27-15-23(31)28-21)18-6-4-3-5-7-18/h3-9,14,16-17H,10-13,15H2,1-2H3/b21-16+. The fourth-order valence-electron chi connectivity index (χ4n) is 4.43. The second kappa shape index (κ2) is 8.52. The molecule has 5 rings (SSSR count). The van der Waals surface area contributed by atoms with Crippen LogP contribution in [0.2, 0.25) is 5.02 Å². The van der Waals surface area contributed by atoms with Crippen molar-refractivity contribution >= 4 is 34.7 Å². The smallest absolute Gasteiger partial charge is 0.284 e. The Labute approximate surface area is 193 Å². The first-order valence-corrected chi connectivity index (χ1v) is 11.4. The second-order valence-corrected chi connectivity index (χ2v) is 8.98. The number of carbonyl (C=O) groups excluding carboxylic acids is 1. The minimum Gasteiger partial charge on any atom is -0.373 e. The SMILES string of the molecule is CC(C)N1CCN(/C=C2/N=C3CN=C(c4ccccc4)c4cc(Cl)ccc4N3C2=O)CC1. The minimum absolute atomic E-state index is 0.112. The largest absolute Gasteiger partial charge is 0.373 e. The molecule has 164 valence electrons. The van der Waals surface area contributed by atoms with E-state index >= 15 is 0 Å². The van der Waals surface area contributed by atoms with Gasteiger partial charge < -0.3 is 4.90 Å². The molecule has 0 N–H and O–H groups in total. The average molecular weight is 448 g/mol. The molecule has 3 aliphatic heterocycles. The first kappa shape index (κ1) is 20.9. The van der Waals surface area contributed by atoms with Crippen LogP contribution in [0.3, 0.4) is 0 Å². The minimum atomic E-state index is -0.112. The molecule has 1 amide bonds. The van der Waals surface area contributed by atoms with Gasteiger partial charge >= 0.3 is 0 Å². The molecule has 6 nitrogen and oxygen atoms in total. The van der Waals surface area contributed by atoms with Gasteiger partial charge in [0.25, 0.3) is 5.91 Å². The van der Waals surface area contributed by atoms with Crippen LogP contribution in [0.25, 0.3) is 0 Å². The summed E-state index contributed by atoms with van der Waals surface area (Å²) in [5.41, 5.74) is 3.89. The van der Waals surface area contributed by atoms with Gasteiger partial charge in [-0.25, -0.2) is 4.99 Å². The van der Waals surface area contributed by atoms with E-state index < -0.39 is 0 Å². The van der Waals surface area contributed by atoms with E-state index in [4.69, 9.17) is 21.6 Å². The lowest BCUT2D eigenvalue weighted by Gasteiger charge is -2.36. The molecule has 0 radical (unpaired) electrons. The van der Waals surface area contributed by atoms with Crippen LogP contribution in [0.4, 0.5) is 5.69 Å². The molecular formula is C25H26ClN5O. The molecule has 1 fully saturated rings. The van der Waals surface area contributed by atoms with E-state index in [1.807, 2.05) is 54.7 Å². The number of rotatable bonds is 3. The third-order valence-electron chi connectivity index (χ3n) is 6.19. The van der Waals surface area contributed by atoms with Gasteiger partial charge in [0.15, 0.2) is 0 Å². The van der Waals surface area contributed by atoms with E-state index in [2.05, 4.69) is 23.6 Å². The number of amides is 1. The van der Waals surface area contributed by atoms with Gasteiger partial charge in [0.2, 0.25) is 0 Å². The Balaban J connectivity index is 1.49. The highest BCUT2D eigenvalue weighted by atomic mass is 35.5. The lowest BCUT2D eigenvalue weighted by Crippen LogP contribution is -2.47. The first-order valence-electron chi connectivity index (χ1n) is 11.0. The van der Waals surface area contributed by atoms with Crippen molar-refractivity contribution in [2.75, 3.05) is 37.6 Å². The van der Waals surface area contributed by atoms with Crippen molar-refractivity contribution < 1.29 is 4.79 Å². The zero-order chi connectivity index (χ0) is 22.2.